The van der Waals surface area contributed by atoms with Crippen LogP contribution in [0.3, 0.4) is 0 Å². The summed E-state index contributed by atoms with van der Waals surface area (Å²) in [5.41, 5.74) is 0. The van der Waals surface area contributed by atoms with E-state index in [4.69, 9.17) is 19.7 Å². The number of aliphatic carboxylic acids is 2. The van der Waals surface area contributed by atoms with Crippen LogP contribution in [0.5, 0.6) is 0 Å². The molecule has 0 aliphatic carbocycles. The standard InChI is InChI=1S/C18H28N2O8/c1-11(2)9-13(15(21)22)19-17(25)27-7-5-6-8-28-18(26)20-14(16(23)24)10-12(3)4/h11-14H,7-10H2,1-4H3,(H,19,25)(H,20,26)(H,21,22)(H,23,24)/t13-,14-/m0/s1. The third-order valence-corrected chi connectivity index (χ3v) is 3.27. The Kier molecular flexibility index (Phi) is 11.8. The number of rotatable bonds is 10. The summed E-state index contributed by atoms with van der Waals surface area (Å²) >= 11 is 0. The fourth-order valence-corrected chi connectivity index (χ4v) is 2.06. The minimum absolute atomic E-state index is 0.0748. The normalized spacial score (nSPS) is 12.4. The highest BCUT2D eigenvalue weighted by Gasteiger charge is 2.22. The first-order valence-electron chi connectivity index (χ1n) is 8.80. The van der Waals surface area contributed by atoms with Crippen molar-refractivity contribution in [1.29, 1.82) is 0 Å². The third-order valence-electron chi connectivity index (χ3n) is 3.27. The average molecular weight is 400 g/mol. The maximum atomic E-state index is 11.5. The molecule has 0 radical (unpaired) electrons. The molecule has 0 spiro atoms. The molecule has 4 N–H and O–H groups in total. The molecule has 0 saturated carbocycles. The minimum Gasteiger partial charge on any atom is -0.480 e. The Labute approximate surface area is 164 Å². The van der Waals surface area contributed by atoms with Gasteiger partial charge in [0.1, 0.15) is 12.1 Å². The molecule has 0 saturated heterocycles. The number of carboxylic acids is 2. The van der Waals surface area contributed by atoms with Gasteiger partial charge in [0.05, 0.1) is 0 Å². The molecule has 0 aliphatic heterocycles. The number of amides is 2. The van der Waals surface area contributed by atoms with Crippen LogP contribution in [0.4, 0.5) is 9.59 Å². The average Bonchev–Trinajstić information content (AvgIpc) is 2.55. The second-order valence-electron chi connectivity index (χ2n) is 6.84. The lowest BCUT2D eigenvalue weighted by atomic mass is 10.0. The lowest BCUT2D eigenvalue weighted by molar-refractivity contribution is -0.140. The molecular weight excluding hydrogens is 372 g/mol. The van der Waals surface area contributed by atoms with Crippen molar-refractivity contribution in [3.8, 4) is 11.8 Å². The van der Waals surface area contributed by atoms with Gasteiger partial charge in [0, 0.05) is 0 Å². The van der Waals surface area contributed by atoms with Crippen LogP contribution >= 0.6 is 0 Å². The van der Waals surface area contributed by atoms with Crippen LogP contribution in [0, 0.1) is 23.7 Å². The van der Waals surface area contributed by atoms with E-state index < -0.39 is 36.2 Å². The number of ether oxygens (including phenoxy) is 2. The first-order valence-corrected chi connectivity index (χ1v) is 8.80. The van der Waals surface area contributed by atoms with Crippen LogP contribution in [0.1, 0.15) is 40.5 Å². The number of hydrogen-bond donors (Lipinski definition) is 4. The van der Waals surface area contributed by atoms with Crippen LogP contribution < -0.4 is 10.6 Å². The topological polar surface area (TPSA) is 151 Å². The number of carbonyl (C=O) groups is 4. The molecule has 2 amide bonds. The third kappa shape index (κ3) is 12.4. The highest BCUT2D eigenvalue weighted by atomic mass is 16.6. The quantitative estimate of drug-likeness (QED) is 0.402. The summed E-state index contributed by atoms with van der Waals surface area (Å²) in [6, 6.07) is -2.11. The van der Waals surface area contributed by atoms with Gasteiger partial charge in [-0.25, -0.2) is 19.2 Å². The summed E-state index contributed by atoms with van der Waals surface area (Å²) in [4.78, 5) is 45.2. The maximum Gasteiger partial charge on any atom is 0.408 e. The van der Waals surface area contributed by atoms with Gasteiger partial charge in [-0.1, -0.05) is 39.5 Å². The van der Waals surface area contributed by atoms with Crippen molar-refractivity contribution in [2.75, 3.05) is 13.2 Å². The molecule has 0 aromatic carbocycles. The van der Waals surface area contributed by atoms with Gasteiger partial charge < -0.3 is 30.3 Å². The Morgan fingerprint density at radius 2 is 1.07 bits per heavy atom. The number of nitrogens with one attached hydrogen (secondary N) is 2. The van der Waals surface area contributed by atoms with Crippen molar-refractivity contribution in [3.63, 3.8) is 0 Å². The van der Waals surface area contributed by atoms with Gasteiger partial charge in [-0.3, -0.25) is 0 Å². The van der Waals surface area contributed by atoms with E-state index in [-0.39, 0.29) is 37.9 Å². The van der Waals surface area contributed by atoms with E-state index in [2.05, 4.69) is 22.5 Å². The Bertz CT molecular complexity index is 556. The van der Waals surface area contributed by atoms with Crippen LogP contribution in [-0.2, 0) is 19.1 Å². The van der Waals surface area contributed by atoms with E-state index in [1.54, 1.807) is 0 Å². The predicted octanol–water partition coefficient (Wildman–Crippen LogP) is 1.44. The van der Waals surface area contributed by atoms with Crippen LogP contribution in [0.25, 0.3) is 0 Å². The SMILES string of the molecule is CC(C)C[C@H](NC(=O)OCC#CCOC(=O)N[C@@H](CC(C)C)C(=O)O)C(=O)O. The number of alkyl carbamates (subject to hydrolysis) is 2. The highest BCUT2D eigenvalue weighted by molar-refractivity contribution is 5.80. The van der Waals surface area contributed by atoms with Gasteiger partial charge in [0.25, 0.3) is 0 Å². The lowest BCUT2D eigenvalue weighted by Gasteiger charge is -2.15. The first kappa shape index (κ1) is 25.0. The zero-order valence-electron chi connectivity index (χ0n) is 16.5. The molecule has 0 fully saturated rings. The molecule has 10 nitrogen and oxygen atoms in total. The van der Waals surface area contributed by atoms with E-state index in [9.17, 15) is 19.2 Å². The molecule has 0 rings (SSSR count). The number of carboxylic acid groups (broad SMARTS) is 2. The molecule has 0 unspecified atom stereocenters. The summed E-state index contributed by atoms with van der Waals surface area (Å²) in [6.07, 6.45) is -1.32. The van der Waals surface area contributed by atoms with Gasteiger partial charge in [0.15, 0.2) is 13.2 Å². The van der Waals surface area contributed by atoms with E-state index >= 15 is 0 Å². The molecule has 0 aliphatic rings. The Hall–Kier alpha value is -2.96. The highest BCUT2D eigenvalue weighted by Crippen LogP contribution is 2.06. The van der Waals surface area contributed by atoms with Gasteiger partial charge >= 0.3 is 24.1 Å². The molecule has 28 heavy (non-hydrogen) atoms. The van der Waals surface area contributed by atoms with Crippen molar-refractivity contribution >= 4 is 24.1 Å². The second kappa shape index (κ2) is 13.2. The molecular formula is C18H28N2O8. The Morgan fingerprint density at radius 3 is 1.32 bits per heavy atom. The Morgan fingerprint density at radius 1 is 0.750 bits per heavy atom. The molecule has 158 valence electrons. The smallest absolute Gasteiger partial charge is 0.408 e. The summed E-state index contributed by atoms with van der Waals surface area (Å²) in [5, 5.41) is 22.5. The second-order valence-corrected chi connectivity index (χ2v) is 6.84. The summed E-state index contributed by atoms with van der Waals surface area (Å²) < 4.78 is 9.46. The van der Waals surface area contributed by atoms with Crippen molar-refractivity contribution in [2.45, 2.75) is 52.6 Å². The lowest BCUT2D eigenvalue weighted by Crippen LogP contribution is -2.42. The van der Waals surface area contributed by atoms with Crippen molar-refractivity contribution in [3.05, 3.63) is 0 Å². The van der Waals surface area contributed by atoms with Crippen molar-refractivity contribution in [1.82, 2.24) is 10.6 Å². The maximum absolute atomic E-state index is 11.5. The van der Waals surface area contributed by atoms with Gasteiger partial charge in [0.2, 0.25) is 0 Å². The number of hydrogen-bond acceptors (Lipinski definition) is 6. The molecule has 0 bridgehead atoms. The fraction of sp³-hybridized carbons (Fsp3) is 0.667. The monoisotopic (exact) mass is 400 g/mol. The van der Waals surface area contributed by atoms with Crippen molar-refractivity contribution < 1.29 is 38.9 Å². The molecule has 2 atom stereocenters. The summed E-state index contributed by atoms with van der Waals surface area (Å²) in [6.45, 7) is 6.65. The van der Waals surface area contributed by atoms with Gasteiger partial charge in [-0.15, -0.1) is 0 Å². The first-order chi connectivity index (χ1) is 13.0. The predicted molar refractivity (Wildman–Crippen MR) is 98.5 cm³/mol. The van der Waals surface area contributed by atoms with E-state index in [0.717, 1.165) is 0 Å². The molecule has 0 aromatic heterocycles. The van der Waals surface area contributed by atoms with E-state index in [0.29, 0.717) is 0 Å². The van der Waals surface area contributed by atoms with Crippen LogP contribution in [0.15, 0.2) is 0 Å². The molecule has 10 heteroatoms. The zero-order chi connectivity index (χ0) is 21.7. The largest absolute Gasteiger partial charge is 0.480 e. The van der Waals surface area contributed by atoms with E-state index in [1.807, 2.05) is 27.7 Å². The molecule has 0 aromatic rings. The van der Waals surface area contributed by atoms with Crippen LogP contribution in [0.2, 0.25) is 0 Å². The van der Waals surface area contributed by atoms with E-state index in [1.165, 1.54) is 0 Å². The van der Waals surface area contributed by atoms with Crippen LogP contribution in [-0.4, -0.2) is 59.6 Å². The number of carbonyl (C=O) groups excluding carboxylic acids is 2. The van der Waals surface area contributed by atoms with Gasteiger partial charge in [-0.05, 0) is 24.7 Å². The van der Waals surface area contributed by atoms with Gasteiger partial charge in [-0.2, -0.15) is 0 Å². The Balaban J connectivity index is 4.20. The minimum atomic E-state index is -1.16. The van der Waals surface area contributed by atoms with Crippen molar-refractivity contribution in [2.24, 2.45) is 11.8 Å². The summed E-state index contributed by atoms with van der Waals surface area (Å²) in [7, 11) is 0. The summed E-state index contributed by atoms with van der Waals surface area (Å²) in [5.74, 6) is 2.67. The molecule has 0 heterocycles. The zero-order valence-corrected chi connectivity index (χ0v) is 16.5. The fourth-order valence-electron chi connectivity index (χ4n) is 2.06.